The van der Waals surface area contributed by atoms with E-state index in [1.165, 1.54) is 219 Å². The first-order valence-electron chi connectivity index (χ1n) is 37.7. The van der Waals surface area contributed by atoms with E-state index in [1.54, 1.807) is 0 Å². The average Bonchev–Trinajstić information content (AvgIpc) is 1.47. The first-order valence-corrected chi connectivity index (χ1v) is 37.7. The van der Waals surface area contributed by atoms with Gasteiger partial charge in [-0.05, 0) is 154 Å². The van der Waals surface area contributed by atoms with E-state index in [0.29, 0.717) is 0 Å². The number of hydrogen-bond donors (Lipinski definition) is 0. The third-order valence-electron chi connectivity index (χ3n) is 25.7. The molecule has 8 aromatic heterocycles. The summed E-state index contributed by atoms with van der Waals surface area (Å²) in [6.45, 7) is -0.485. The van der Waals surface area contributed by atoms with E-state index in [-0.39, 0.29) is 13.7 Å². The van der Waals surface area contributed by atoms with Gasteiger partial charge in [0, 0.05) is 132 Å². The molecule has 8 nitrogen and oxygen atoms in total. The van der Waals surface area contributed by atoms with Crippen LogP contribution in [-0.2, 0) is 0 Å². The number of fused-ring (bicyclic) bond motifs is 33. The van der Waals surface area contributed by atoms with Crippen molar-refractivity contribution < 1.29 is 0 Å². The number of rotatable bonds is 4. The zero-order chi connectivity index (χ0) is 69.4. The van der Waals surface area contributed by atoms with Crippen molar-refractivity contribution in [2.75, 3.05) is 0 Å². The Kier molecular flexibility index (Phi) is 9.84. The zero-order valence-electron chi connectivity index (χ0n) is 57.9. The van der Waals surface area contributed by atoms with Gasteiger partial charge in [-0.1, -0.05) is 206 Å². The Labute approximate surface area is 615 Å². The second-order valence-corrected chi connectivity index (χ2v) is 30.5. The Balaban J connectivity index is 0.790. The van der Waals surface area contributed by atoms with E-state index >= 15 is 0 Å². The summed E-state index contributed by atoms with van der Waals surface area (Å²) in [6.07, 6.45) is 0. The minimum atomic E-state index is -0.243. The quantitative estimate of drug-likeness (QED) is 0.158. The Morgan fingerprint density at radius 2 is 0.463 bits per heavy atom. The molecule has 0 spiro atoms. The van der Waals surface area contributed by atoms with Crippen molar-refractivity contribution in [2.45, 2.75) is 0 Å². The van der Waals surface area contributed by atoms with Crippen LogP contribution in [0.1, 0.15) is 0 Å². The summed E-state index contributed by atoms with van der Waals surface area (Å²) >= 11 is 0. The molecular formula is C98H54B2N8. The van der Waals surface area contributed by atoms with Crippen LogP contribution < -0.4 is 21.9 Å². The van der Waals surface area contributed by atoms with Crippen LogP contribution >= 0.6 is 0 Å². The normalized spacial score (nSPS) is 13.3. The van der Waals surface area contributed by atoms with Crippen LogP contribution in [0.3, 0.4) is 0 Å². The minimum Gasteiger partial charge on any atom is -0.374 e. The molecule has 16 aromatic carbocycles. The molecule has 0 fully saturated rings. The lowest BCUT2D eigenvalue weighted by Gasteiger charge is -2.34. The number of nitrogens with zero attached hydrogens (tertiary/aromatic N) is 8. The van der Waals surface area contributed by atoms with Crippen molar-refractivity contribution >= 4 is 199 Å². The largest absolute Gasteiger partial charge is 0.374 e. The molecule has 28 rings (SSSR count). The van der Waals surface area contributed by atoms with E-state index < -0.39 is 0 Å². The minimum absolute atomic E-state index is 0.243. The summed E-state index contributed by atoms with van der Waals surface area (Å²) in [5.41, 5.74) is 36.9. The van der Waals surface area contributed by atoms with Crippen molar-refractivity contribution in [2.24, 2.45) is 0 Å². The summed E-state index contributed by atoms with van der Waals surface area (Å²) < 4.78 is 21.1. The summed E-state index contributed by atoms with van der Waals surface area (Å²) in [5, 5.41) is 17.5. The zero-order valence-corrected chi connectivity index (χ0v) is 57.9. The van der Waals surface area contributed by atoms with Gasteiger partial charge in [-0.15, -0.1) is 0 Å². The molecule has 0 unspecified atom stereocenters. The maximum absolute atomic E-state index is 2.86. The molecule has 12 heterocycles. The molecule has 108 heavy (non-hydrogen) atoms. The highest BCUT2D eigenvalue weighted by molar-refractivity contribution is 6.92. The van der Waals surface area contributed by atoms with Crippen LogP contribution in [0.2, 0.25) is 0 Å². The molecular weight excluding hydrogens is 1310 g/mol. The van der Waals surface area contributed by atoms with Gasteiger partial charge in [0.05, 0.1) is 77.2 Å². The van der Waals surface area contributed by atoms with Crippen molar-refractivity contribution in [3.8, 4) is 56.4 Å². The third kappa shape index (κ3) is 6.40. The summed E-state index contributed by atoms with van der Waals surface area (Å²) in [7, 11) is 0. The van der Waals surface area contributed by atoms with Crippen LogP contribution in [0.15, 0.2) is 328 Å². The van der Waals surface area contributed by atoms with Crippen molar-refractivity contribution in [1.29, 1.82) is 0 Å². The number of benzene rings is 16. The van der Waals surface area contributed by atoms with E-state index in [4.69, 9.17) is 0 Å². The Morgan fingerprint density at radius 3 is 0.824 bits per heavy atom. The Morgan fingerprint density at radius 1 is 0.167 bits per heavy atom. The van der Waals surface area contributed by atoms with Crippen LogP contribution in [0, 0.1) is 0 Å². The topological polar surface area (TPSA) is 39.4 Å². The van der Waals surface area contributed by atoms with E-state index in [0.717, 1.165) is 22.7 Å². The average molecular weight is 1370 g/mol. The maximum atomic E-state index is 2.86. The van der Waals surface area contributed by atoms with Crippen molar-refractivity contribution in [3.05, 3.63) is 328 Å². The number of aromatic nitrogens is 8. The molecule has 0 bridgehead atoms. The Bertz CT molecular complexity index is 7870. The van der Waals surface area contributed by atoms with E-state index in [1.807, 2.05) is 0 Å². The molecule has 0 saturated heterocycles. The van der Waals surface area contributed by atoms with Crippen molar-refractivity contribution in [3.63, 3.8) is 0 Å². The van der Waals surface area contributed by atoms with Gasteiger partial charge in [0.1, 0.15) is 0 Å². The maximum Gasteiger partial charge on any atom is 0.333 e. The fourth-order valence-corrected chi connectivity index (χ4v) is 21.7. The number of para-hydroxylation sites is 10. The fourth-order valence-electron chi connectivity index (χ4n) is 21.7. The summed E-state index contributed by atoms with van der Waals surface area (Å²) in [5.74, 6) is 0. The lowest BCUT2D eigenvalue weighted by molar-refractivity contribution is 1.16. The molecule has 4 aliphatic heterocycles. The summed E-state index contributed by atoms with van der Waals surface area (Å²) in [4.78, 5) is 0. The molecule has 0 atom stereocenters. The third-order valence-corrected chi connectivity index (χ3v) is 25.7. The highest BCUT2D eigenvalue weighted by Gasteiger charge is 2.47. The molecule has 10 heteroatoms. The molecule has 0 amide bonds. The van der Waals surface area contributed by atoms with Gasteiger partial charge in [-0.2, -0.15) is 0 Å². The summed E-state index contributed by atoms with van der Waals surface area (Å²) in [6, 6.07) is 125. The van der Waals surface area contributed by atoms with Gasteiger partial charge in [0.15, 0.2) is 0 Å². The molecule has 492 valence electrons. The molecule has 24 aromatic rings. The molecule has 4 aliphatic rings. The first-order chi connectivity index (χ1) is 53.7. The predicted octanol–water partition coefficient (Wildman–Crippen LogP) is 21.2. The predicted molar refractivity (Wildman–Crippen MR) is 453 cm³/mol. The lowest BCUT2D eigenvalue weighted by Crippen LogP contribution is -2.55. The van der Waals surface area contributed by atoms with Crippen LogP contribution in [0.5, 0.6) is 0 Å². The van der Waals surface area contributed by atoms with Gasteiger partial charge < -0.3 is 36.4 Å². The second-order valence-electron chi connectivity index (χ2n) is 30.5. The fraction of sp³-hybridized carbons (Fsp3) is 0. The monoisotopic (exact) mass is 1360 g/mol. The van der Waals surface area contributed by atoms with Crippen LogP contribution in [0.25, 0.3) is 220 Å². The van der Waals surface area contributed by atoms with Gasteiger partial charge in [0.25, 0.3) is 0 Å². The van der Waals surface area contributed by atoms with Gasteiger partial charge >= 0.3 is 13.7 Å². The molecule has 0 saturated carbocycles. The van der Waals surface area contributed by atoms with Gasteiger partial charge in [-0.25, -0.2) is 0 Å². The van der Waals surface area contributed by atoms with Crippen molar-refractivity contribution in [1.82, 2.24) is 36.4 Å². The van der Waals surface area contributed by atoms with E-state index in [9.17, 15) is 0 Å². The highest BCUT2D eigenvalue weighted by Crippen LogP contribution is 2.53. The van der Waals surface area contributed by atoms with Crippen LogP contribution in [-0.4, -0.2) is 50.1 Å². The Hall–Kier alpha value is -14.2. The molecule has 0 N–H and O–H groups in total. The first kappa shape index (κ1) is 55.3. The van der Waals surface area contributed by atoms with Gasteiger partial charge in [-0.3, -0.25) is 0 Å². The lowest BCUT2D eigenvalue weighted by atomic mass is 9.45. The van der Waals surface area contributed by atoms with Gasteiger partial charge in [0.2, 0.25) is 0 Å². The molecule has 0 radical (unpaired) electrons. The number of hydrogen-bond acceptors (Lipinski definition) is 0. The molecule has 0 aliphatic carbocycles. The highest BCUT2D eigenvalue weighted by atomic mass is 15.1. The smallest absolute Gasteiger partial charge is 0.333 e. The SMILES string of the molecule is c1ccc(-n2c3ccccc3c3cc4c(cc32)B2c3c(ccc5c6cc7c8ccccc8n(-c8ccccc8)c7cc6n-4c35)-c3cccc4c3n2c2c3cccc5c3n(c42)B2c3cc4c(cc3-n3c6cc7c(cc6c6ccc-5c2c63)c2ccccc2n7-c2ccccc2)c2ccccc2n4-c2ccccc2)cc1. The van der Waals surface area contributed by atoms with E-state index in [2.05, 4.69) is 364 Å². The second kappa shape index (κ2) is 19.2. The van der Waals surface area contributed by atoms with Crippen LogP contribution in [0.4, 0.5) is 0 Å². The standard InChI is InChI=1S/C98H54B2N8/c1-5-23-55(24-6-1)101-81-41-19-15-33-61(81)75-49-89-77(51-83(75)101)99-91-63(43-45-67-73-47-71-59-31-13-17-39-79(59)103(57-27-9-3-10-28-57)85(71)53-87(73)105(89)95(67)91)65-35-21-37-69-93(65)107(99)97-70-38-22-36-66-64-44-46-68-74-48-72-60-32-14-18-40-80(60)104(58-29-11-4-12-30-58)86(72)54-88(74)106-90-50-76-62-34-16-20-42-82(62)102(56-25-7-2-8-26-56)84(76)52-78(90)100(92(64)96(68)106)108(94(66)70)98(69)97/h1-54H.